The second-order valence-electron chi connectivity index (χ2n) is 4.14. The van der Waals surface area contributed by atoms with Gasteiger partial charge < -0.3 is 4.74 Å². The molecule has 9 nitrogen and oxygen atoms in total. The SMILES string of the molecule is COc1ccccc1/C=N/NC(=O)CSc1n[nH]c(=O)[nH]c1=O. The van der Waals surface area contributed by atoms with E-state index in [-0.39, 0.29) is 10.8 Å². The summed E-state index contributed by atoms with van der Waals surface area (Å²) in [5, 5.41) is 9.44. The van der Waals surface area contributed by atoms with Crippen molar-refractivity contribution < 1.29 is 9.53 Å². The maximum Gasteiger partial charge on any atom is 0.342 e. The number of methoxy groups -OCH3 is 1. The fourth-order valence-corrected chi connectivity index (χ4v) is 2.17. The number of para-hydroxylation sites is 1. The van der Waals surface area contributed by atoms with Gasteiger partial charge in [-0.25, -0.2) is 15.3 Å². The second kappa shape index (κ2) is 7.94. The third kappa shape index (κ3) is 4.81. The van der Waals surface area contributed by atoms with Gasteiger partial charge in [0.15, 0.2) is 5.03 Å². The summed E-state index contributed by atoms with van der Waals surface area (Å²) in [6.45, 7) is 0. The van der Waals surface area contributed by atoms with Crippen molar-refractivity contribution in [3.63, 3.8) is 0 Å². The smallest absolute Gasteiger partial charge is 0.342 e. The molecule has 3 N–H and O–H groups in total. The highest BCUT2D eigenvalue weighted by molar-refractivity contribution is 7.99. The molecule has 2 rings (SSSR count). The maximum absolute atomic E-state index is 11.7. The molecular weight excluding hydrogens is 322 g/mol. The Kier molecular flexibility index (Phi) is 5.69. The zero-order valence-electron chi connectivity index (χ0n) is 12.0. The lowest BCUT2D eigenvalue weighted by Gasteiger charge is -2.03. The first-order chi connectivity index (χ1) is 11.1. The van der Waals surface area contributed by atoms with Crippen molar-refractivity contribution >= 4 is 23.9 Å². The van der Waals surface area contributed by atoms with E-state index in [1.807, 2.05) is 17.1 Å². The van der Waals surface area contributed by atoms with Crippen molar-refractivity contribution in [1.29, 1.82) is 0 Å². The number of nitrogens with zero attached hydrogens (tertiary/aromatic N) is 2. The number of thioether (sulfide) groups is 1. The van der Waals surface area contributed by atoms with Gasteiger partial charge in [0.1, 0.15) is 5.75 Å². The van der Waals surface area contributed by atoms with Gasteiger partial charge in [-0.2, -0.15) is 10.2 Å². The average Bonchev–Trinajstić information content (AvgIpc) is 2.54. The monoisotopic (exact) mass is 335 g/mol. The van der Waals surface area contributed by atoms with E-state index in [0.29, 0.717) is 11.3 Å². The van der Waals surface area contributed by atoms with Gasteiger partial charge in [-0.3, -0.25) is 14.6 Å². The molecule has 0 fully saturated rings. The number of hydrogen-bond acceptors (Lipinski definition) is 7. The minimum Gasteiger partial charge on any atom is -0.496 e. The first kappa shape index (κ1) is 16.5. The van der Waals surface area contributed by atoms with Crippen LogP contribution in [0.2, 0.25) is 0 Å². The molecule has 0 aliphatic heterocycles. The molecule has 0 spiro atoms. The molecule has 0 unspecified atom stereocenters. The van der Waals surface area contributed by atoms with E-state index in [0.717, 1.165) is 11.8 Å². The van der Waals surface area contributed by atoms with Crippen LogP contribution in [0.4, 0.5) is 0 Å². The van der Waals surface area contributed by atoms with E-state index in [9.17, 15) is 14.4 Å². The summed E-state index contributed by atoms with van der Waals surface area (Å²) in [7, 11) is 1.54. The minimum atomic E-state index is -0.704. The predicted molar refractivity (Wildman–Crippen MR) is 84.9 cm³/mol. The maximum atomic E-state index is 11.7. The molecule has 10 heteroatoms. The highest BCUT2D eigenvalue weighted by Gasteiger charge is 2.07. The average molecular weight is 335 g/mol. The standard InChI is InChI=1S/C13H13N5O4S/c1-22-9-5-3-2-4-8(9)6-14-16-10(19)7-23-12-11(20)15-13(21)18-17-12/h2-6H,7H2,1H3,(H,16,19)(H2,15,18,20,21)/b14-6+. The van der Waals surface area contributed by atoms with Gasteiger partial charge in [0.2, 0.25) is 5.91 Å². The highest BCUT2D eigenvalue weighted by Crippen LogP contribution is 2.14. The highest BCUT2D eigenvalue weighted by atomic mass is 32.2. The molecule has 0 radical (unpaired) electrons. The number of aromatic amines is 2. The molecule has 1 aromatic carbocycles. The van der Waals surface area contributed by atoms with E-state index in [1.54, 1.807) is 12.1 Å². The Morgan fingerprint density at radius 1 is 1.43 bits per heavy atom. The van der Waals surface area contributed by atoms with Crippen molar-refractivity contribution in [2.24, 2.45) is 5.10 Å². The number of carbonyl (C=O) groups is 1. The number of H-pyrrole nitrogens is 2. The summed E-state index contributed by atoms with van der Waals surface area (Å²) in [6.07, 6.45) is 1.45. The first-order valence-electron chi connectivity index (χ1n) is 6.37. The summed E-state index contributed by atoms with van der Waals surface area (Å²) >= 11 is 0.882. The zero-order valence-corrected chi connectivity index (χ0v) is 12.8. The Bertz CT molecular complexity index is 829. The zero-order chi connectivity index (χ0) is 16.7. The molecule has 1 aromatic heterocycles. The third-order valence-corrected chi connectivity index (χ3v) is 3.51. The van der Waals surface area contributed by atoms with Crippen LogP contribution in [0.25, 0.3) is 0 Å². The van der Waals surface area contributed by atoms with Gasteiger partial charge in [0.05, 0.1) is 19.1 Å². The number of hydrogen-bond donors (Lipinski definition) is 3. The van der Waals surface area contributed by atoms with E-state index in [2.05, 4.69) is 20.7 Å². The van der Waals surface area contributed by atoms with Crippen LogP contribution in [0.1, 0.15) is 5.56 Å². The lowest BCUT2D eigenvalue weighted by Crippen LogP contribution is -2.26. The third-order valence-electron chi connectivity index (χ3n) is 2.55. The summed E-state index contributed by atoms with van der Waals surface area (Å²) in [5.41, 5.74) is 1.68. The summed E-state index contributed by atoms with van der Waals surface area (Å²) in [4.78, 5) is 35.9. The predicted octanol–water partition coefficient (Wildman–Crippen LogP) is -0.291. The van der Waals surface area contributed by atoms with Gasteiger partial charge in [0, 0.05) is 5.56 Å². The van der Waals surface area contributed by atoms with E-state index >= 15 is 0 Å². The number of aromatic nitrogens is 3. The van der Waals surface area contributed by atoms with E-state index < -0.39 is 17.2 Å². The molecule has 23 heavy (non-hydrogen) atoms. The normalized spacial score (nSPS) is 10.7. The lowest BCUT2D eigenvalue weighted by atomic mass is 10.2. The van der Waals surface area contributed by atoms with Crippen LogP contribution in [-0.4, -0.2) is 40.2 Å². The van der Waals surface area contributed by atoms with Crippen LogP contribution in [0, 0.1) is 0 Å². The van der Waals surface area contributed by atoms with Crippen molar-refractivity contribution in [1.82, 2.24) is 20.6 Å². The number of nitrogens with one attached hydrogen (secondary N) is 3. The number of ether oxygens (including phenoxy) is 1. The topological polar surface area (TPSA) is 129 Å². The number of benzene rings is 1. The van der Waals surface area contributed by atoms with Crippen molar-refractivity contribution in [2.45, 2.75) is 5.03 Å². The number of hydrazone groups is 1. The lowest BCUT2D eigenvalue weighted by molar-refractivity contribution is -0.118. The van der Waals surface area contributed by atoms with Gasteiger partial charge in [-0.05, 0) is 12.1 Å². The van der Waals surface area contributed by atoms with Crippen LogP contribution in [-0.2, 0) is 4.79 Å². The van der Waals surface area contributed by atoms with Crippen LogP contribution in [0.3, 0.4) is 0 Å². The van der Waals surface area contributed by atoms with Crippen LogP contribution in [0.15, 0.2) is 44.0 Å². The molecule has 0 saturated heterocycles. The van der Waals surface area contributed by atoms with Crippen LogP contribution in [0.5, 0.6) is 5.75 Å². The molecule has 0 atom stereocenters. The van der Waals surface area contributed by atoms with Gasteiger partial charge in [0.25, 0.3) is 5.56 Å². The quantitative estimate of drug-likeness (QED) is 0.378. The Morgan fingerprint density at radius 2 is 2.22 bits per heavy atom. The van der Waals surface area contributed by atoms with E-state index in [1.165, 1.54) is 13.3 Å². The Balaban J connectivity index is 1.89. The Morgan fingerprint density at radius 3 is 2.96 bits per heavy atom. The van der Waals surface area contributed by atoms with Crippen molar-refractivity contribution in [3.8, 4) is 5.75 Å². The van der Waals surface area contributed by atoms with E-state index in [4.69, 9.17) is 4.74 Å². The second-order valence-corrected chi connectivity index (χ2v) is 5.10. The molecule has 1 amide bonds. The minimum absolute atomic E-state index is 0.00606. The van der Waals surface area contributed by atoms with Crippen molar-refractivity contribution in [2.75, 3.05) is 12.9 Å². The van der Waals surface area contributed by atoms with Gasteiger partial charge in [-0.15, -0.1) is 0 Å². The number of amides is 1. The molecule has 0 aliphatic carbocycles. The largest absolute Gasteiger partial charge is 0.496 e. The fourth-order valence-electron chi connectivity index (χ4n) is 1.55. The molecular formula is C13H13N5O4S. The van der Waals surface area contributed by atoms with Gasteiger partial charge in [-0.1, -0.05) is 23.9 Å². The number of carbonyl (C=O) groups excluding carboxylic acids is 1. The molecule has 1 heterocycles. The molecule has 2 aromatic rings. The molecule has 0 saturated carbocycles. The van der Waals surface area contributed by atoms with Crippen molar-refractivity contribution in [3.05, 3.63) is 50.7 Å². The first-order valence-corrected chi connectivity index (χ1v) is 7.35. The fraction of sp³-hybridized carbons (Fsp3) is 0.154. The van der Waals surface area contributed by atoms with Gasteiger partial charge >= 0.3 is 5.69 Å². The summed E-state index contributed by atoms with van der Waals surface area (Å²) in [6, 6.07) is 7.19. The molecule has 0 aliphatic rings. The number of rotatable bonds is 6. The van der Waals surface area contributed by atoms with Crippen LogP contribution >= 0.6 is 11.8 Å². The Hall–Kier alpha value is -2.88. The van der Waals surface area contributed by atoms with Crippen LogP contribution < -0.4 is 21.4 Å². The molecule has 120 valence electrons. The summed E-state index contributed by atoms with van der Waals surface area (Å²) in [5.74, 6) is 0.128. The summed E-state index contributed by atoms with van der Waals surface area (Å²) < 4.78 is 5.15. The molecule has 0 bridgehead atoms. The Labute approximate surface area is 134 Å².